The van der Waals surface area contributed by atoms with Crippen LogP contribution in [-0.4, -0.2) is 18.8 Å². The van der Waals surface area contributed by atoms with Gasteiger partial charge in [0.25, 0.3) is 6.64 Å². The fraction of sp³-hybridized carbons (Fsp3) is 1.00. The van der Waals surface area contributed by atoms with Crippen LogP contribution in [0.5, 0.6) is 0 Å². The van der Waals surface area contributed by atoms with Gasteiger partial charge in [0.15, 0.2) is 0 Å². The minimum Gasteiger partial charge on any atom is -0.315 e. The molecule has 0 atom stereocenters. The molecule has 0 radical (unpaired) electrons. The lowest BCUT2D eigenvalue weighted by molar-refractivity contribution is 0.169. The number of nitrogens with one attached hydrogen (secondary N) is 1. The second-order valence-corrected chi connectivity index (χ2v) is 6.49. The second-order valence-electron chi connectivity index (χ2n) is 3.32. The molecule has 0 aromatic rings. The molecule has 0 aromatic carbocycles. The molecule has 0 saturated carbocycles. The van der Waals surface area contributed by atoms with E-state index in [-0.39, 0.29) is 12.2 Å². The molecule has 80 valence electrons. The van der Waals surface area contributed by atoms with E-state index < -0.39 is 6.64 Å². The zero-order chi connectivity index (χ0) is 10.5. The summed E-state index contributed by atoms with van der Waals surface area (Å²) in [7, 11) is 0. The molecule has 0 aliphatic carbocycles. The molecule has 0 rings (SSSR count). The van der Waals surface area contributed by atoms with Crippen molar-refractivity contribution < 1.29 is 9.05 Å². The normalized spacial score (nSPS) is 12.8. The molecule has 0 fully saturated rings. The SMILES string of the molecule is CCNP(=S)(OC(C)C)OC(C)C. The summed E-state index contributed by atoms with van der Waals surface area (Å²) in [4.78, 5) is 0. The van der Waals surface area contributed by atoms with Gasteiger partial charge in [0.2, 0.25) is 0 Å². The van der Waals surface area contributed by atoms with Crippen molar-refractivity contribution in [2.75, 3.05) is 6.54 Å². The molecule has 0 aromatic heterocycles. The van der Waals surface area contributed by atoms with E-state index in [0.717, 1.165) is 6.54 Å². The first-order valence-corrected chi connectivity index (χ1v) is 7.25. The molecule has 0 amide bonds. The lowest BCUT2D eigenvalue weighted by atomic mass is 10.5. The van der Waals surface area contributed by atoms with E-state index in [2.05, 4.69) is 5.09 Å². The lowest BCUT2D eigenvalue weighted by Gasteiger charge is -2.26. The van der Waals surface area contributed by atoms with Crippen molar-refractivity contribution in [2.24, 2.45) is 0 Å². The van der Waals surface area contributed by atoms with Gasteiger partial charge in [-0.15, -0.1) is 0 Å². The maximum Gasteiger partial charge on any atom is 0.261 e. The molecule has 3 nitrogen and oxygen atoms in total. The second kappa shape index (κ2) is 6.10. The Morgan fingerprint density at radius 1 is 1.15 bits per heavy atom. The highest BCUT2D eigenvalue weighted by molar-refractivity contribution is 8.09. The first-order valence-electron chi connectivity index (χ1n) is 4.61. The summed E-state index contributed by atoms with van der Waals surface area (Å²) >= 11 is 5.31. The summed E-state index contributed by atoms with van der Waals surface area (Å²) in [5.41, 5.74) is 0. The van der Waals surface area contributed by atoms with Crippen LogP contribution >= 0.6 is 6.64 Å². The van der Waals surface area contributed by atoms with Crippen LogP contribution in [-0.2, 0) is 20.9 Å². The van der Waals surface area contributed by atoms with Crippen LogP contribution in [0.15, 0.2) is 0 Å². The topological polar surface area (TPSA) is 30.5 Å². The van der Waals surface area contributed by atoms with Gasteiger partial charge < -0.3 is 9.05 Å². The van der Waals surface area contributed by atoms with E-state index in [4.69, 9.17) is 20.9 Å². The van der Waals surface area contributed by atoms with Crippen LogP contribution in [0.4, 0.5) is 0 Å². The minimum absolute atomic E-state index is 0.101. The molecule has 1 N–H and O–H groups in total. The number of rotatable bonds is 6. The lowest BCUT2D eigenvalue weighted by Crippen LogP contribution is -2.19. The van der Waals surface area contributed by atoms with E-state index in [0.29, 0.717) is 0 Å². The zero-order valence-corrected chi connectivity index (χ0v) is 10.7. The Bertz CT molecular complexity index is 171. The van der Waals surface area contributed by atoms with Crippen molar-refractivity contribution in [3.63, 3.8) is 0 Å². The Kier molecular flexibility index (Phi) is 6.34. The minimum atomic E-state index is -2.25. The van der Waals surface area contributed by atoms with Gasteiger partial charge >= 0.3 is 0 Å². The Balaban J connectivity index is 4.25. The van der Waals surface area contributed by atoms with E-state index in [1.165, 1.54) is 0 Å². The van der Waals surface area contributed by atoms with E-state index >= 15 is 0 Å². The Morgan fingerprint density at radius 2 is 1.54 bits per heavy atom. The fourth-order valence-electron chi connectivity index (χ4n) is 0.848. The third-order valence-electron chi connectivity index (χ3n) is 1.05. The Morgan fingerprint density at radius 3 is 1.77 bits per heavy atom. The highest BCUT2D eigenvalue weighted by Crippen LogP contribution is 2.46. The van der Waals surface area contributed by atoms with Gasteiger partial charge in [-0.1, -0.05) is 6.92 Å². The molecule has 0 aliphatic rings. The third-order valence-corrected chi connectivity index (χ3v) is 4.06. The monoisotopic (exact) mass is 225 g/mol. The average molecular weight is 225 g/mol. The summed E-state index contributed by atoms with van der Waals surface area (Å²) in [5.74, 6) is 0. The molecule has 0 saturated heterocycles. The van der Waals surface area contributed by atoms with Crippen molar-refractivity contribution in [3.8, 4) is 0 Å². The van der Waals surface area contributed by atoms with Crippen LogP contribution < -0.4 is 5.09 Å². The van der Waals surface area contributed by atoms with Crippen LogP contribution in [0.3, 0.4) is 0 Å². The van der Waals surface area contributed by atoms with Crippen LogP contribution in [0.2, 0.25) is 0 Å². The van der Waals surface area contributed by atoms with Crippen LogP contribution in [0, 0.1) is 0 Å². The van der Waals surface area contributed by atoms with E-state index in [1.54, 1.807) is 0 Å². The highest BCUT2D eigenvalue weighted by Gasteiger charge is 2.20. The summed E-state index contributed by atoms with van der Waals surface area (Å²) in [5, 5.41) is 3.10. The smallest absolute Gasteiger partial charge is 0.261 e. The van der Waals surface area contributed by atoms with Gasteiger partial charge in [-0.25, -0.2) is 5.09 Å². The summed E-state index contributed by atoms with van der Waals surface area (Å²) in [6.45, 7) is 8.36. The van der Waals surface area contributed by atoms with Gasteiger partial charge in [0.05, 0.1) is 12.2 Å². The fourth-order valence-corrected chi connectivity index (χ4v) is 3.96. The molecule has 0 heterocycles. The molecule has 0 bridgehead atoms. The van der Waals surface area contributed by atoms with Crippen molar-refractivity contribution in [2.45, 2.75) is 46.8 Å². The third kappa shape index (κ3) is 6.58. The summed E-state index contributed by atoms with van der Waals surface area (Å²) in [6, 6.07) is 0. The quantitative estimate of drug-likeness (QED) is 0.704. The van der Waals surface area contributed by atoms with Crippen LogP contribution in [0.1, 0.15) is 34.6 Å². The van der Waals surface area contributed by atoms with Crippen molar-refractivity contribution >= 4 is 18.4 Å². The predicted octanol–water partition coefficient (Wildman–Crippen LogP) is 2.67. The van der Waals surface area contributed by atoms with Gasteiger partial charge in [-0.05, 0) is 39.5 Å². The summed E-state index contributed by atoms with van der Waals surface area (Å²) < 4.78 is 11.2. The van der Waals surface area contributed by atoms with Crippen molar-refractivity contribution in [1.82, 2.24) is 5.09 Å². The Labute approximate surface area is 86.4 Å². The van der Waals surface area contributed by atoms with Gasteiger partial charge in [-0.2, -0.15) is 0 Å². The van der Waals surface area contributed by atoms with Gasteiger partial charge in [-0.3, -0.25) is 0 Å². The predicted molar refractivity (Wildman–Crippen MR) is 60.4 cm³/mol. The van der Waals surface area contributed by atoms with Crippen LogP contribution in [0.25, 0.3) is 0 Å². The summed E-state index contributed by atoms with van der Waals surface area (Å²) in [6.07, 6.45) is 0.201. The Hall–Kier alpha value is 0.530. The highest BCUT2D eigenvalue weighted by atomic mass is 32.5. The molecule has 0 unspecified atom stereocenters. The van der Waals surface area contributed by atoms with Crippen molar-refractivity contribution in [1.29, 1.82) is 0 Å². The maximum atomic E-state index is 5.58. The van der Waals surface area contributed by atoms with Gasteiger partial charge in [0.1, 0.15) is 0 Å². The van der Waals surface area contributed by atoms with Gasteiger partial charge in [0, 0.05) is 6.54 Å². The first-order chi connectivity index (χ1) is 5.89. The zero-order valence-electron chi connectivity index (χ0n) is 9.03. The number of hydrogen-bond acceptors (Lipinski definition) is 3. The molecule has 13 heavy (non-hydrogen) atoms. The van der Waals surface area contributed by atoms with Crippen molar-refractivity contribution in [3.05, 3.63) is 0 Å². The van der Waals surface area contributed by atoms with E-state index in [9.17, 15) is 0 Å². The number of hydrogen-bond donors (Lipinski definition) is 1. The standard InChI is InChI=1S/C8H20NO2PS/c1-6-9-12(13,10-7(2)3)11-8(4)5/h7-8H,6H2,1-5H3,(H,9,13). The largest absolute Gasteiger partial charge is 0.315 e. The molecular formula is C8H20NO2PS. The molecular weight excluding hydrogens is 205 g/mol. The maximum absolute atomic E-state index is 5.58. The molecule has 0 aliphatic heterocycles. The first kappa shape index (κ1) is 13.5. The van der Waals surface area contributed by atoms with E-state index in [1.807, 2.05) is 34.6 Å². The average Bonchev–Trinajstić information content (AvgIpc) is 1.81. The molecule has 5 heteroatoms. The molecule has 0 spiro atoms.